The van der Waals surface area contributed by atoms with Crippen LogP contribution in [0.5, 0.6) is 0 Å². The van der Waals surface area contributed by atoms with Crippen molar-refractivity contribution >= 4 is 5.97 Å². The maximum absolute atomic E-state index is 11.8. The Morgan fingerprint density at radius 3 is 2.29 bits per heavy atom. The molecule has 5 N–H and O–H groups in total. The molecule has 202 valence electrons. The number of H-pyrrole nitrogens is 1. The first-order valence-corrected chi connectivity index (χ1v) is 14.3. The predicted molar refractivity (Wildman–Crippen MR) is 140 cm³/mol. The molecule has 1 aliphatic rings. The molecular weight excluding hydrogens is 442 g/mol. The van der Waals surface area contributed by atoms with Crippen LogP contribution in [0.3, 0.4) is 0 Å². The SMILES string of the molecule is CCCCCCC[C@H](O)CCCCCC[C@H](C(=O)O)[C@H](O)CC[C@@]1(O)CCC[C@H]1Cc1ccc[nH]1. The molecular formula is C29H51NO5. The summed E-state index contributed by atoms with van der Waals surface area (Å²) in [6, 6.07) is 3.99. The lowest BCUT2D eigenvalue weighted by atomic mass is 9.81. The minimum absolute atomic E-state index is 0.142. The van der Waals surface area contributed by atoms with E-state index >= 15 is 0 Å². The number of hydrogen-bond acceptors (Lipinski definition) is 4. The van der Waals surface area contributed by atoms with E-state index in [4.69, 9.17) is 0 Å². The Hall–Kier alpha value is -1.37. The van der Waals surface area contributed by atoms with Gasteiger partial charge in [0.05, 0.1) is 23.7 Å². The lowest BCUT2D eigenvalue weighted by Gasteiger charge is -2.32. The Morgan fingerprint density at radius 2 is 1.69 bits per heavy atom. The maximum Gasteiger partial charge on any atom is 0.309 e. The third kappa shape index (κ3) is 11.1. The second kappa shape index (κ2) is 16.4. The van der Waals surface area contributed by atoms with Crippen LogP contribution in [0.4, 0.5) is 0 Å². The number of carboxylic acid groups (broad SMARTS) is 1. The van der Waals surface area contributed by atoms with Crippen molar-refractivity contribution < 1.29 is 25.2 Å². The summed E-state index contributed by atoms with van der Waals surface area (Å²) in [5, 5.41) is 41.7. The highest BCUT2D eigenvalue weighted by atomic mass is 16.4. The number of aromatic nitrogens is 1. The van der Waals surface area contributed by atoms with Crippen LogP contribution in [-0.2, 0) is 11.2 Å². The maximum atomic E-state index is 11.8. The van der Waals surface area contributed by atoms with E-state index in [-0.39, 0.29) is 12.0 Å². The number of aliphatic hydroxyl groups excluding tert-OH is 2. The molecule has 5 atom stereocenters. The van der Waals surface area contributed by atoms with Crippen molar-refractivity contribution in [1.29, 1.82) is 0 Å². The van der Waals surface area contributed by atoms with Crippen LogP contribution >= 0.6 is 0 Å². The highest BCUT2D eigenvalue weighted by Crippen LogP contribution is 2.41. The summed E-state index contributed by atoms with van der Waals surface area (Å²) < 4.78 is 0. The van der Waals surface area contributed by atoms with E-state index in [0.717, 1.165) is 69.9 Å². The first-order valence-electron chi connectivity index (χ1n) is 14.3. The number of nitrogens with one attached hydrogen (secondary N) is 1. The Morgan fingerprint density at radius 1 is 1.03 bits per heavy atom. The van der Waals surface area contributed by atoms with Gasteiger partial charge in [0.1, 0.15) is 0 Å². The van der Waals surface area contributed by atoms with Crippen molar-refractivity contribution in [3.8, 4) is 0 Å². The van der Waals surface area contributed by atoms with Gasteiger partial charge in [-0.1, -0.05) is 71.1 Å². The predicted octanol–water partition coefficient (Wildman–Crippen LogP) is 5.99. The van der Waals surface area contributed by atoms with Crippen LogP contribution in [0, 0.1) is 11.8 Å². The van der Waals surface area contributed by atoms with Gasteiger partial charge in [0, 0.05) is 11.9 Å². The highest BCUT2D eigenvalue weighted by Gasteiger charge is 2.41. The minimum atomic E-state index is -0.947. The zero-order valence-electron chi connectivity index (χ0n) is 22.0. The van der Waals surface area contributed by atoms with Gasteiger partial charge in [0.15, 0.2) is 0 Å². The molecule has 0 saturated heterocycles. The van der Waals surface area contributed by atoms with Gasteiger partial charge < -0.3 is 25.4 Å². The number of hydrogen-bond donors (Lipinski definition) is 5. The van der Waals surface area contributed by atoms with Gasteiger partial charge in [-0.3, -0.25) is 4.79 Å². The topological polar surface area (TPSA) is 114 Å². The van der Waals surface area contributed by atoms with Crippen LogP contribution < -0.4 is 0 Å². The zero-order valence-corrected chi connectivity index (χ0v) is 22.0. The average Bonchev–Trinajstić information content (AvgIpc) is 3.47. The first-order chi connectivity index (χ1) is 16.9. The molecule has 0 unspecified atom stereocenters. The molecule has 0 aliphatic heterocycles. The van der Waals surface area contributed by atoms with Gasteiger partial charge in [-0.15, -0.1) is 0 Å². The van der Waals surface area contributed by atoms with E-state index in [1.54, 1.807) is 0 Å². The molecule has 6 nitrogen and oxygen atoms in total. The summed E-state index contributed by atoms with van der Waals surface area (Å²) in [4.78, 5) is 15.0. The van der Waals surface area contributed by atoms with Gasteiger partial charge in [-0.25, -0.2) is 0 Å². The zero-order chi connectivity index (χ0) is 25.5. The van der Waals surface area contributed by atoms with E-state index < -0.39 is 23.6 Å². The molecule has 1 fully saturated rings. The molecule has 35 heavy (non-hydrogen) atoms. The van der Waals surface area contributed by atoms with Crippen LogP contribution in [0.2, 0.25) is 0 Å². The molecule has 1 aliphatic carbocycles. The molecule has 1 aromatic heterocycles. The summed E-state index contributed by atoms with van der Waals surface area (Å²) in [5.74, 6) is -1.59. The minimum Gasteiger partial charge on any atom is -0.481 e. The van der Waals surface area contributed by atoms with Crippen LogP contribution in [0.1, 0.15) is 122 Å². The van der Waals surface area contributed by atoms with E-state index in [9.17, 15) is 25.2 Å². The van der Waals surface area contributed by atoms with Crippen LogP contribution in [0.15, 0.2) is 18.3 Å². The Bertz CT molecular complexity index is 679. The van der Waals surface area contributed by atoms with E-state index in [2.05, 4.69) is 11.9 Å². The van der Waals surface area contributed by atoms with Gasteiger partial charge in [-0.05, 0) is 69.4 Å². The monoisotopic (exact) mass is 493 g/mol. The van der Waals surface area contributed by atoms with Crippen molar-refractivity contribution in [3.63, 3.8) is 0 Å². The number of aliphatic carboxylic acids is 1. The van der Waals surface area contributed by atoms with Crippen LogP contribution in [-0.4, -0.2) is 49.2 Å². The average molecular weight is 494 g/mol. The molecule has 2 rings (SSSR count). The molecule has 0 radical (unpaired) electrons. The highest BCUT2D eigenvalue weighted by molar-refractivity contribution is 5.70. The van der Waals surface area contributed by atoms with E-state index in [0.29, 0.717) is 25.7 Å². The number of aliphatic hydroxyl groups is 3. The van der Waals surface area contributed by atoms with Gasteiger partial charge in [0.25, 0.3) is 0 Å². The molecule has 6 heteroatoms. The van der Waals surface area contributed by atoms with Crippen molar-refractivity contribution in [3.05, 3.63) is 24.0 Å². The third-order valence-corrected chi connectivity index (χ3v) is 8.15. The van der Waals surface area contributed by atoms with Crippen molar-refractivity contribution in [1.82, 2.24) is 4.98 Å². The lowest BCUT2D eigenvalue weighted by molar-refractivity contribution is -0.146. The Labute approximate surface area is 212 Å². The van der Waals surface area contributed by atoms with E-state index in [1.807, 2.05) is 18.3 Å². The number of rotatable bonds is 20. The fraction of sp³-hybridized carbons (Fsp3) is 0.828. The summed E-state index contributed by atoms with van der Waals surface area (Å²) in [6.07, 6.45) is 16.8. The number of aromatic amines is 1. The quantitative estimate of drug-likeness (QED) is 0.143. The fourth-order valence-electron chi connectivity index (χ4n) is 5.81. The number of carboxylic acids is 1. The van der Waals surface area contributed by atoms with Gasteiger partial charge in [-0.2, -0.15) is 0 Å². The summed E-state index contributed by atoms with van der Waals surface area (Å²) in [5.41, 5.74) is 0.283. The summed E-state index contributed by atoms with van der Waals surface area (Å²) >= 11 is 0. The molecule has 0 bridgehead atoms. The van der Waals surface area contributed by atoms with Crippen molar-refractivity contribution in [2.75, 3.05) is 0 Å². The number of unbranched alkanes of at least 4 members (excludes halogenated alkanes) is 7. The van der Waals surface area contributed by atoms with Gasteiger partial charge in [0.2, 0.25) is 0 Å². The number of carbonyl (C=O) groups is 1. The molecule has 1 saturated carbocycles. The molecule has 1 aromatic rings. The van der Waals surface area contributed by atoms with Crippen molar-refractivity contribution in [2.24, 2.45) is 11.8 Å². The largest absolute Gasteiger partial charge is 0.481 e. The van der Waals surface area contributed by atoms with Crippen molar-refractivity contribution in [2.45, 2.75) is 140 Å². The Kier molecular flexibility index (Phi) is 14.0. The molecule has 0 amide bonds. The lowest BCUT2D eigenvalue weighted by Crippen LogP contribution is -2.37. The summed E-state index contributed by atoms with van der Waals surface area (Å²) in [7, 11) is 0. The standard InChI is InChI=1S/C29H51NO5/c1-2-3-4-5-8-15-25(31)16-9-6-7-10-17-26(28(33)34)27(32)18-20-29(35)19-11-13-23(29)22-24-14-12-21-30-24/h12,14,21,23,25-27,30-32,35H,2-11,13,15-20,22H2,1H3,(H,33,34)/t23-,25-,26-,27+,29-/m0/s1. The first kappa shape index (κ1) is 29.9. The van der Waals surface area contributed by atoms with E-state index in [1.165, 1.54) is 25.7 Å². The van der Waals surface area contributed by atoms with Crippen LogP contribution in [0.25, 0.3) is 0 Å². The third-order valence-electron chi connectivity index (χ3n) is 8.15. The normalized spacial score (nSPS) is 22.8. The second-order valence-corrected chi connectivity index (χ2v) is 11.0. The fourth-order valence-corrected chi connectivity index (χ4v) is 5.81. The Balaban J connectivity index is 1.63. The molecule has 0 aromatic carbocycles. The van der Waals surface area contributed by atoms with Gasteiger partial charge >= 0.3 is 5.97 Å². The molecule has 0 spiro atoms. The smallest absolute Gasteiger partial charge is 0.309 e. The summed E-state index contributed by atoms with van der Waals surface area (Å²) in [6.45, 7) is 2.20. The molecule has 1 heterocycles. The second-order valence-electron chi connectivity index (χ2n) is 11.0.